The van der Waals surface area contributed by atoms with Crippen LogP contribution < -0.4 is 4.90 Å². The summed E-state index contributed by atoms with van der Waals surface area (Å²) in [5, 5.41) is 0.435. The largest absolute Gasteiger partial charge is 0.347 e. The average Bonchev–Trinajstić information content (AvgIpc) is 3.46. The summed E-state index contributed by atoms with van der Waals surface area (Å²) in [5.74, 6) is -0.608. The van der Waals surface area contributed by atoms with Crippen molar-refractivity contribution in [3.8, 4) is 11.1 Å². The zero-order chi connectivity index (χ0) is 30.7. The Morgan fingerprint density at radius 3 is 2.26 bits per heavy atom. The molecular weight excluding hydrogens is 613 g/mol. The zero-order valence-electron chi connectivity index (χ0n) is 23.5. The van der Waals surface area contributed by atoms with Crippen molar-refractivity contribution in [2.75, 3.05) is 25.5 Å². The van der Waals surface area contributed by atoms with Crippen molar-refractivity contribution in [2.24, 2.45) is 0 Å². The van der Waals surface area contributed by atoms with Gasteiger partial charge in [-0.1, -0.05) is 47.5 Å². The lowest BCUT2D eigenvalue weighted by Crippen LogP contribution is -2.58. The average molecular weight is 641 g/mol. The molecule has 0 saturated carbocycles. The quantitative estimate of drug-likeness (QED) is 0.298. The van der Waals surface area contributed by atoms with Crippen LogP contribution >= 0.6 is 23.2 Å². The van der Waals surface area contributed by atoms with Crippen LogP contribution in [0.5, 0.6) is 0 Å². The van der Waals surface area contributed by atoms with Crippen molar-refractivity contribution in [1.82, 2.24) is 28.7 Å². The Kier molecular flexibility index (Phi) is 7.28. The minimum Gasteiger partial charge on any atom is -0.347 e. The summed E-state index contributed by atoms with van der Waals surface area (Å²) in [7, 11) is -1.05. The van der Waals surface area contributed by atoms with Crippen molar-refractivity contribution in [1.29, 1.82) is 0 Å². The molecule has 0 unspecified atom stereocenters. The number of halogens is 2. The molecule has 0 bridgehead atoms. The molecule has 0 aliphatic carbocycles. The summed E-state index contributed by atoms with van der Waals surface area (Å²) in [6, 6.07) is 11.4. The van der Waals surface area contributed by atoms with Crippen molar-refractivity contribution in [3.05, 3.63) is 83.0 Å². The van der Waals surface area contributed by atoms with Gasteiger partial charge in [0, 0.05) is 55.1 Å². The number of hydrogen-bond acceptors (Lipinski definition) is 7. The first kappa shape index (κ1) is 29.2. The van der Waals surface area contributed by atoms with Gasteiger partial charge in [-0.2, -0.15) is 4.31 Å². The molecule has 2 amide bonds. The summed E-state index contributed by atoms with van der Waals surface area (Å²) < 4.78 is 30.8. The van der Waals surface area contributed by atoms with Gasteiger partial charge in [-0.05, 0) is 42.7 Å². The van der Waals surface area contributed by atoms with Crippen LogP contribution in [-0.4, -0.2) is 75.6 Å². The van der Waals surface area contributed by atoms with E-state index in [0.29, 0.717) is 22.2 Å². The zero-order valence-corrected chi connectivity index (χ0v) is 25.8. The molecule has 2 aromatic carbocycles. The first-order valence-corrected chi connectivity index (χ1v) is 15.6. The number of likely N-dealkylation sites (N-methyl/N-ethyl adjacent to an activating group) is 1. The van der Waals surface area contributed by atoms with Crippen LogP contribution in [0.25, 0.3) is 11.1 Å². The number of amides is 2. The highest BCUT2D eigenvalue weighted by molar-refractivity contribution is 7.89. The first-order valence-electron chi connectivity index (χ1n) is 13.4. The second-order valence-corrected chi connectivity index (χ2v) is 13.6. The number of carbonyl (C=O) groups is 2. The van der Waals surface area contributed by atoms with Gasteiger partial charge in [-0.3, -0.25) is 14.2 Å². The third kappa shape index (κ3) is 4.88. The van der Waals surface area contributed by atoms with Crippen LogP contribution in [0.2, 0.25) is 10.0 Å². The lowest BCUT2D eigenvalue weighted by Gasteiger charge is -2.39. The van der Waals surface area contributed by atoms with E-state index in [1.807, 2.05) is 24.3 Å². The van der Waals surface area contributed by atoms with E-state index in [0.717, 1.165) is 16.7 Å². The molecule has 2 aromatic heterocycles. The number of carbonyl (C=O) groups excluding carboxylic acids is 2. The van der Waals surface area contributed by atoms with E-state index in [1.165, 1.54) is 31.2 Å². The van der Waals surface area contributed by atoms with Crippen molar-refractivity contribution < 1.29 is 18.0 Å². The van der Waals surface area contributed by atoms with Gasteiger partial charge in [0.1, 0.15) is 17.9 Å². The Morgan fingerprint density at radius 1 is 1.02 bits per heavy atom. The molecule has 0 N–H and O–H groups in total. The molecule has 0 spiro atoms. The van der Waals surface area contributed by atoms with E-state index in [9.17, 15) is 18.0 Å². The van der Waals surface area contributed by atoms with Crippen molar-refractivity contribution in [3.63, 3.8) is 0 Å². The van der Waals surface area contributed by atoms with Gasteiger partial charge in [0.25, 0.3) is 15.9 Å². The number of benzene rings is 2. The maximum atomic E-state index is 14.3. The molecule has 43 heavy (non-hydrogen) atoms. The lowest BCUT2D eigenvalue weighted by molar-refractivity contribution is -0.135. The number of hydrogen-bond donors (Lipinski definition) is 0. The van der Waals surface area contributed by atoms with E-state index < -0.39 is 27.5 Å². The minimum atomic E-state index is -4.22. The Hall–Kier alpha value is -3.84. The normalized spacial score (nSPS) is 20.2. The van der Waals surface area contributed by atoms with E-state index in [4.69, 9.17) is 23.2 Å². The fraction of sp³-hybridized carbons (Fsp3) is 0.276. The molecule has 14 heteroatoms. The maximum Gasteiger partial charge on any atom is 0.261 e. The smallest absolute Gasteiger partial charge is 0.261 e. The van der Waals surface area contributed by atoms with Crippen LogP contribution in [0.1, 0.15) is 18.9 Å². The molecule has 2 atom stereocenters. The SMILES string of the molecule is CN(C)C(=O)[C@H]1CCN1S(=O)(=O)c1cnc2n1[C@](C)(Cc1ccc(-c3cncnc3)cc1)C(=O)N2c1cc(Cl)cc(Cl)c1. The van der Waals surface area contributed by atoms with Gasteiger partial charge in [0.2, 0.25) is 11.9 Å². The van der Waals surface area contributed by atoms with Gasteiger partial charge in [0.15, 0.2) is 5.03 Å². The number of sulfonamides is 1. The van der Waals surface area contributed by atoms with Crippen LogP contribution in [0.15, 0.2) is 72.4 Å². The van der Waals surface area contributed by atoms with Crippen LogP contribution in [0.3, 0.4) is 0 Å². The summed E-state index contributed by atoms with van der Waals surface area (Å²) in [6.07, 6.45) is 6.65. The van der Waals surface area contributed by atoms with Crippen LogP contribution in [0, 0.1) is 0 Å². The standard InChI is InChI=1S/C29H27Cl2N7O4S/c1-29(13-18-4-6-19(7-5-18)20-14-32-17-33-15-20)27(40)37(23-11-21(30)10-22(31)12-23)28-34-16-25(38(28)29)43(41,42)36-9-8-24(36)26(39)35(2)3/h4-7,10-12,14-17,24H,8-9,13H2,1-3H3/t24-,29-/m1/s1. The predicted molar refractivity (Wildman–Crippen MR) is 162 cm³/mol. The fourth-order valence-electron chi connectivity index (χ4n) is 5.59. The number of rotatable bonds is 7. The Morgan fingerprint density at radius 2 is 1.67 bits per heavy atom. The monoisotopic (exact) mass is 639 g/mol. The second kappa shape index (κ2) is 10.7. The number of nitrogens with zero attached hydrogens (tertiary/aromatic N) is 7. The highest BCUT2D eigenvalue weighted by Gasteiger charge is 2.54. The highest BCUT2D eigenvalue weighted by Crippen LogP contribution is 2.45. The van der Waals surface area contributed by atoms with Crippen molar-refractivity contribution >= 4 is 56.7 Å². The van der Waals surface area contributed by atoms with Gasteiger partial charge < -0.3 is 4.90 Å². The molecule has 0 radical (unpaired) electrons. The lowest BCUT2D eigenvalue weighted by atomic mass is 9.91. The minimum absolute atomic E-state index is 0.110. The second-order valence-electron chi connectivity index (χ2n) is 10.9. The first-order chi connectivity index (χ1) is 20.4. The van der Waals surface area contributed by atoms with Gasteiger partial charge >= 0.3 is 0 Å². The summed E-state index contributed by atoms with van der Waals surface area (Å²) in [5.41, 5.74) is 1.46. The topological polar surface area (TPSA) is 122 Å². The van der Waals surface area contributed by atoms with Crippen molar-refractivity contribution in [2.45, 2.75) is 36.4 Å². The summed E-state index contributed by atoms with van der Waals surface area (Å²) in [4.78, 5) is 42.4. The summed E-state index contributed by atoms with van der Waals surface area (Å²) >= 11 is 12.6. The van der Waals surface area contributed by atoms with E-state index >= 15 is 0 Å². The molecule has 6 rings (SSSR count). The molecule has 1 fully saturated rings. The van der Waals surface area contributed by atoms with E-state index in [2.05, 4.69) is 15.0 Å². The Labute approximate surface area is 258 Å². The van der Waals surface area contributed by atoms with Gasteiger partial charge in [-0.25, -0.2) is 28.3 Å². The molecule has 2 aliphatic rings. The molecule has 11 nitrogen and oxygen atoms in total. The van der Waals surface area contributed by atoms with E-state index in [1.54, 1.807) is 51.6 Å². The third-order valence-electron chi connectivity index (χ3n) is 7.84. The molecule has 222 valence electrons. The Bertz CT molecular complexity index is 1830. The predicted octanol–water partition coefficient (Wildman–Crippen LogP) is 4.13. The number of imidazole rings is 1. The third-order valence-corrected chi connectivity index (χ3v) is 10.1. The molecule has 4 aromatic rings. The van der Waals surface area contributed by atoms with E-state index in [-0.39, 0.29) is 29.8 Å². The maximum absolute atomic E-state index is 14.3. The molecule has 2 aliphatic heterocycles. The molecular formula is C29H27Cl2N7O4S. The fourth-order valence-corrected chi connectivity index (χ4v) is 7.92. The highest BCUT2D eigenvalue weighted by atomic mass is 35.5. The molecule has 1 saturated heterocycles. The van der Waals surface area contributed by atoms with Gasteiger partial charge in [0.05, 0.1) is 11.9 Å². The molecule has 4 heterocycles. The number of anilines is 2. The summed E-state index contributed by atoms with van der Waals surface area (Å²) in [6.45, 7) is 1.86. The number of fused-ring (bicyclic) bond motifs is 1. The van der Waals surface area contributed by atoms with Gasteiger partial charge in [-0.15, -0.1) is 0 Å². The van der Waals surface area contributed by atoms with Crippen LogP contribution in [-0.2, 0) is 31.6 Å². The number of aromatic nitrogens is 4. The Balaban J connectivity index is 1.45. The van der Waals surface area contributed by atoms with Crippen LogP contribution in [0.4, 0.5) is 11.6 Å².